The Labute approximate surface area is 174 Å². The predicted octanol–water partition coefficient (Wildman–Crippen LogP) is 0.487. The van der Waals surface area contributed by atoms with Gasteiger partial charge in [-0.1, -0.05) is 13.3 Å². The number of ether oxygens (including phenoxy) is 1. The van der Waals surface area contributed by atoms with Gasteiger partial charge in [0.05, 0.1) is 13.0 Å². The smallest absolute Gasteiger partial charge is 0.327 e. The highest BCUT2D eigenvalue weighted by Crippen LogP contribution is 2.21. The maximum atomic E-state index is 12.3. The quantitative estimate of drug-likeness (QED) is 0.442. The van der Waals surface area contributed by atoms with Crippen LogP contribution in [0.2, 0.25) is 0 Å². The molecule has 2 aromatic rings. The third kappa shape index (κ3) is 5.70. The lowest BCUT2D eigenvalue weighted by atomic mass is 10.2. The number of nitrogens with zero attached hydrogens (tertiary/aromatic N) is 5. The molecule has 0 radical (unpaired) electrons. The van der Waals surface area contributed by atoms with Gasteiger partial charge in [-0.25, -0.2) is 4.79 Å². The first-order valence-electron chi connectivity index (χ1n) is 10.5. The number of H-pyrrole nitrogens is 1. The van der Waals surface area contributed by atoms with Crippen molar-refractivity contribution in [3.05, 3.63) is 10.5 Å². The zero-order chi connectivity index (χ0) is 21.5. The Hall–Kier alpha value is -2.66. The van der Waals surface area contributed by atoms with E-state index in [0.29, 0.717) is 25.3 Å². The van der Waals surface area contributed by atoms with Crippen molar-refractivity contribution in [1.82, 2.24) is 29.3 Å². The first kappa shape index (κ1) is 22.0. The number of carboxylic acid groups (broad SMARTS) is 1. The third-order valence-corrected chi connectivity index (χ3v) is 5.27. The number of nitrogens with one attached hydrogen (secondary N) is 1. The summed E-state index contributed by atoms with van der Waals surface area (Å²) in [5.41, 5.74) is 0.228. The van der Waals surface area contributed by atoms with Crippen molar-refractivity contribution in [3.63, 3.8) is 0 Å². The van der Waals surface area contributed by atoms with Crippen LogP contribution in [0.15, 0.2) is 4.79 Å². The summed E-state index contributed by atoms with van der Waals surface area (Å²) in [6, 6.07) is 0.0682. The monoisotopic (exact) mass is 422 g/mol. The van der Waals surface area contributed by atoms with E-state index < -0.39 is 5.97 Å². The summed E-state index contributed by atoms with van der Waals surface area (Å²) >= 11 is 0. The van der Waals surface area contributed by atoms with E-state index in [-0.39, 0.29) is 29.5 Å². The normalized spacial score (nSPS) is 15.6. The lowest BCUT2D eigenvalue weighted by Gasteiger charge is -2.34. The fourth-order valence-electron chi connectivity index (χ4n) is 3.52. The van der Waals surface area contributed by atoms with Gasteiger partial charge in [0, 0.05) is 39.3 Å². The Morgan fingerprint density at radius 1 is 1.10 bits per heavy atom. The number of unbranched alkanes of at least 4 members (excludes halogenated alkanes) is 1. The molecule has 1 aliphatic heterocycles. The molecule has 3 N–H and O–H groups in total. The molecular weight excluding hydrogens is 392 g/mol. The van der Waals surface area contributed by atoms with Gasteiger partial charge in [-0.05, 0) is 19.4 Å². The van der Waals surface area contributed by atoms with Crippen LogP contribution < -0.4 is 10.4 Å². The lowest BCUT2D eigenvalue weighted by molar-refractivity contribution is -0.137. The molecule has 11 heteroatoms. The maximum Gasteiger partial charge on any atom is 0.327 e. The molecule has 0 amide bonds. The number of fused-ring (bicyclic) bond motifs is 1. The zero-order valence-corrected chi connectivity index (χ0v) is 17.3. The Morgan fingerprint density at radius 2 is 1.80 bits per heavy atom. The predicted molar refractivity (Wildman–Crippen MR) is 110 cm³/mol. The number of piperazine rings is 1. The third-order valence-electron chi connectivity index (χ3n) is 5.27. The molecule has 3 heterocycles. The standard InChI is InChI=1S/C19H30N6O5/c1-2-3-13-30-18-21-16-15(17(28)22-18)20-19(29)25(16)7-4-6-23-9-11-24(12-10-23)8-5-14(26)27/h2-13H2,1H3,(H,20,29)(H,26,27)(H,21,22,28). The molecule has 1 aliphatic rings. The number of aryl methyl sites for hydroxylation is 1. The number of hydrogen-bond donors (Lipinski definition) is 3. The van der Waals surface area contributed by atoms with Crippen molar-refractivity contribution >= 4 is 17.1 Å². The average Bonchev–Trinajstić information content (AvgIpc) is 3.04. The summed E-state index contributed by atoms with van der Waals surface area (Å²) in [5.74, 6) is -1.06. The van der Waals surface area contributed by atoms with Crippen LogP contribution in [0, 0.1) is 0 Å². The second-order valence-electron chi connectivity index (χ2n) is 7.49. The fourth-order valence-corrected chi connectivity index (χ4v) is 3.52. The van der Waals surface area contributed by atoms with E-state index in [1.54, 1.807) is 0 Å². The van der Waals surface area contributed by atoms with E-state index in [4.69, 9.17) is 9.84 Å². The minimum Gasteiger partial charge on any atom is -0.492 e. The summed E-state index contributed by atoms with van der Waals surface area (Å²) in [4.78, 5) is 38.3. The van der Waals surface area contributed by atoms with Gasteiger partial charge in [0.15, 0.2) is 5.65 Å². The van der Waals surface area contributed by atoms with Crippen molar-refractivity contribution in [3.8, 4) is 11.9 Å². The van der Waals surface area contributed by atoms with Crippen LogP contribution in [0.25, 0.3) is 11.2 Å². The molecule has 11 nitrogen and oxygen atoms in total. The van der Waals surface area contributed by atoms with Crippen LogP contribution in [0.5, 0.6) is 11.9 Å². The summed E-state index contributed by atoms with van der Waals surface area (Å²) in [7, 11) is 0. The molecule has 1 fully saturated rings. The second kappa shape index (κ2) is 10.4. The van der Waals surface area contributed by atoms with Gasteiger partial charge in [0.2, 0.25) is 5.88 Å². The molecule has 0 atom stereocenters. The molecule has 0 saturated carbocycles. The van der Waals surface area contributed by atoms with Crippen molar-refractivity contribution in [2.24, 2.45) is 0 Å². The van der Waals surface area contributed by atoms with Crippen LogP contribution in [-0.2, 0) is 11.3 Å². The highest BCUT2D eigenvalue weighted by atomic mass is 16.5. The number of rotatable bonds is 11. The summed E-state index contributed by atoms with van der Waals surface area (Å²) in [6.07, 6.45) is 2.74. The highest BCUT2D eigenvalue weighted by Gasteiger charge is 2.18. The minimum atomic E-state index is -0.768. The van der Waals surface area contributed by atoms with Crippen molar-refractivity contribution in [2.75, 3.05) is 45.9 Å². The molecule has 0 unspecified atom stereocenters. The number of aliphatic carboxylic acids is 1. The summed E-state index contributed by atoms with van der Waals surface area (Å²) in [6.45, 7) is 7.81. The number of imidazole rings is 1. The molecule has 0 aromatic carbocycles. The van der Waals surface area contributed by atoms with Gasteiger partial charge in [-0.3, -0.25) is 14.3 Å². The second-order valence-corrected chi connectivity index (χ2v) is 7.49. The van der Waals surface area contributed by atoms with Crippen LogP contribution in [-0.4, -0.2) is 91.4 Å². The van der Waals surface area contributed by atoms with Gasteiger partial charge in [-0.2, -0.15) is 9.97 Å². The molecule has 0 spiro atoms. The Kier molecular flexibility index (Phi) is 7.63. The zero-order valence-electron chi connectivity index (χ0n) is 17.3. The van der Waals surface area contributed by atoms with Gasteiger partial charge < -0.3 is 24.7 Å². The van der Waals surface area contributed by atoms with E-state index in [1.807, 2.05) is 6.92 Å². The molecule has 0 aliphatic carbocycles. The van der Waals surface area contributed by atoms with Crippen LogP contribution in [0.4, 0.5) is 0 Å². The van der Waals surface area contributed by atoms with Gasteiger partial charge in [0.1, 0.15) is 5.52 Å². The summed E-state index contributed by atoms with van der Waals surface area (Å²) < 4.78 is 6.99. The Morgan fingerprint density at radius 3 is 2.47 bits per heavy atom. The maximum absolute atomic E-state index is 12.3. The van der Waals surface area contributed by atoms with Crippen molar-refractivity contribution in [1.29, 1.82) is 0 Å². The number of hydrogen-bond acceptors (Lipinski definition) is 8. The largest absolute Gasteiger partial charge is 0.492 e. The molecule has 30 heavy (non-hydrogen) atoms. The molecule has 166 valence electrons. The minimum absolute atomic E-state index is 0.0682. The molecule has 0 bridgehead atoms. The van der Waals surface area contributed by atoms with Gasteiger partial charge in [-0.15, -0.1) is 0 Å². The molecule has 2 aromatic heterocycles. The first-order valence-corrected chi connectivity index (χ1v) is 10.5. The van der Waals surface area contributed by atoms with Crippen molar-refractivity contribution < 1.29 is 19.7 Å². The van der Waals surface area contributed by atoms with E-state index >= 15 is 0 Å². The Bertz CT molecular complexity index is 903. The number of aromatic hydroxyl groups is 1. The summed E-state index contributed by atoms with van der Waals surface area (Å²) in [5, 5.41) is 18.9. The lowest BCUT2D eigenvalue weighted by Crippen LogP contribution is -2.47. The number of aromatic nitrogens is 4. The fraction of sp³-hybridized carbons (Fsp3) is 0.684. The van der Waals surface area contributed by atoms with Crippen molar-refractivity contribution in [2.45, 2.75) is 39.2 Å². The number of aromatic amines is 1. The van der Waals surface area contributed by atoms with E-state index in [1.165, 1.54) is 4.57 Å². The average molecular weight is 422 g/mol. The number of carbonyl (C=O) groups is 1. The van der Waals surface area contributed by atoms with E-state index in [9.17, 15) is 14.7 Å². The van der Waals surface area contributed by atoms with Crippen LogP contribution in [0.3, 0.4) is 0 Å². The van der Waals surface area contributed by atoms with Crippen LogP contribution in [0.1, 0.15) is 32.6 Å². The molecular formula is C19H30N6O5. The van der Waals surface area contributed by atoms with Gasteiger partial charge in [0.25, 0.3) is 0 Å². The van der Waals surface area contributed by atoms with Crippen LogP contribution >= 0.6 is 0 Å². The van der Waals surface area contributed by atoms with E-state index in [2.05, 4.69) is 24.8 Å². The Balaban J connectivity index is 1.55. The highest BCUT2D eigenvalue weighted by molar-refractivity contribution is 5.76. The molecule has 3 rings (SSSR count). The number of carboxylic acids is 1. The SMILES string of the molecule is CCCCOc1nc(O)c2[nH]c(=O)n(CCCN3CCN(CCC(=O)O)CC3)c2n1. The first-order chi connectivity index (χ1) is 14.5. The van der Waals surface area contributed by atoms with Gasteiger partial charge >= 0.3 is 17.7 Å². The molecule has 1 saturated heterocycles. The topological polar surface area (TPSA) is 137 Å². The van der Waals surface area contributed by atoms with E-state index in [0.717, 1.165) is 52.0 Å².